The number of thiophene rings is 1. The third-order valence-corrected chi connectivity index (χ3v) is 6.33. The number of ether oxygens (including phenoxy) is 1. The molecule has 2 heterocycles. The van der Waals surface area contributed by atoms with Gasteiger partial charge in [-0.15, -0.1) is 11.3 Å². The van der Waals surface area contributed by atoms with Crippen LogP contribution in [0.15, 0.2) is 6.07 Å². The summed E-state index contributed by atoms with van der Waals surface area (Å²) < 4.78 is 5.78. The van der Waals surface area contributed by atoms with Crippen molar-refractivity contribution in [1.29, 1.82) is 0 Å². The fourth-order valence-corrected chi connectivity index (χ4v) is 4.87. The van der Waals surface area contributed by atoms with Crippen molar-refractivity contribution < 1.29 is 14.6 Å². The summed E-state index contributed by atoms with van der Waals surface area (Å²) in [5.74, 6) is 0.137. The number of nitrogens with zero attached hydrogens (tertiary/aromatic N) is 1. The minimum Gasteiger partial charge on any atom is -0.392 e. The summed E-state index contributed by atoms with van der Waals surface area (Å²) in [6.07, 6.45) is 2.31. The quantitative estimate of drug-likeness (QED) is 0.930. The minimum absolute atomic E-state index is 0.119. The van der Waals surface area contributed by atoms with Gasteiger partial charge in [0.1, 0.15) is 0 Å². The maximum absolute atomic E-state index is 12.7. The van der Waals surface area contributed by atoms with E-state index in [-0.39, 0.29) is 23.5 Å². The summed E-state index contributed by atoms with van der Waals surface area (Å²) in [6.45, 7) is 8.17. The minimum atomic E-state index is -0.272. The van der Waals surface area contributed by atoms with Gasteiger partial charge in [-0.25, -0.2) is 0 Å². The molecule has 2 fully saturated rings. The predicted molar refractivity (Wildman–Crippen MR) is 87.4 cm³/mol. The first-order chi connectivity index (χ1) is 10.5. The summed E-state index contributed by atoms with van der Waals surface area (Å²) in [4.78, 5) is 16.9. The largest absolute Gasteiger partial charge is 0.392 e. The van der Waals surface area contributed by atoms with Gasteiger partial charge in [-0.2, -0.15) is 0 Å². The van der Waals surface area contributed by atoms with Gasteiger partial charge >= 0.3 is 0 Å². The standard InChI is InChI=1S/C17H25NO3S/c1-4-21-15-10-14(19)17(15)5-7-18(8-6-17)16(20)13-9-11(2)22-12(13)3/h9,14-15,19H,4-8,10H2,1-3H3. The van der Waals surface area contributed by atoms with E-state index in [1.807, 2.05) is 31.7 Å². The number of amides is 1. The number of rotatable bonds is 3. The number of hydrogen-bond donors (Lipinski definition) is 1. The lowest BCUT2D eigenvalue weighted by molar-refractivity contribution is -0.207. The van der Waals surface area contributed by atoms with Crippen LogP contribution in [0.25, 0.3) is 0 Å². The lowest BCUT2D eigenvalue weighted by Crippen LogP contribution is -2.62. The molecule has 5 heteroatoms. The van der Waals surface area contributed by atoms with E-state index in [4.69, 9.17) is 4.74 Å². The van der Waals surface area contributed by atoms with Crippen LogP contribution in [0, 0.1) is 19.3 Å². The maximum atomic E-state index is 12.7. The number of carbonyl (C=O) groups is 1. The topological polar surface area (TPSA) is 49.8 Å². The van der Waals surface area contributed by atoms with Crippen LogP contribution in [0.3, 0.4) is 0 Å². The first-order valence-corrected chi connectivity index (χ1v) is 8.95. The zero-order chi connectivity index (χ0) is 15.9. The van der Waals surface area contributed by atoms with Gasteiger partial charge in [0.2, 0.25) is 0 Å². The molecular formula is C17H25NO3S. The highest BCUT2D eigenvalue weighted by atomic mass is 32.1. The summed E-state index contributed by atoms with van der Waals surface area (Å²) in [5, 5.41) is 10.2. The lowest BCUT2D eigenvalue weighted by Gasteiger charge is -2.56. The Kier molecular flexibility index (Phi) is 4.32. The average Bonchev–Trinajstić information content (AvgIpc) is 2.85. The van der Waals surface area contributed by atoms with Crippen LogP contribution in [0.5, 0.6) is 0 Å². The van der Waals surface area contributed by atoms with E-state index in [0.717, 1.165) is 29.7 Å². The molecule has 2 unspecified atom stereocenters. The second kappa shape index (κ2) is 5.95. The molecule has 3 rings (SSSR count). The number of aliphatic hydroxyl groups excluding tert-OH is 1. The third-order valence-electron chi connectivity index (χ3n) is 5.36. The zero-order valence-corrected chi connectivity index (χ0v) is 14.4. The van der Waals surface area contributed by atoms with Gasteiger partial charge in [0.25, 0.3) is 5.91 Å². The highest BCUT2D eigenvalue weighted by molar-refractivity contribution is 7.12. The van der Waals surface area contributed by atoms with Crippen LogP contribution >= 0.6 is 11.3 Å². The van der Waals surface area contributed by atoms with Crippen LogP contribution in [-0.4, -0.2) is 47.8 Å². The van der Waals surface area contributed by atoms with Gasteiger partial charge in [0.05, 0.1) is 17.8 Å². The summed E-state index contributed by atoms with van der Waals surface area (Å²) >= 11 is 1.68. The highest BCUT2D eigenvalue weighted by Crippen LogP contribution is 2.51. The molecule has 1 aromatic heterocycles. The molecule has 2 atom stereocenters. The van der Waals surface area contributed by atoms with Crippen LogP contribution in [-0.2, 0) is 4.74 Å². The van der Waals surface area contributed by atoms with Crippen LogP contribution in [0.1, 0.15) is 46.3 Å². The van der Waals surface area contributed by atoms with Crippen molar-refractivity contribution in [2.45, 2.75) is 52.2 Å². The van der Waals surface area contributed by atoms with Crippen molar-refractivity contribution in [3.05, 3.63) is 21.4 Å². The number of aliphatic hydroxyl groups is 1. The molecule has 1 aliphatic heterocycles. The molecule has 1 aliphatic carbocycles. The van der Waals surface area contributed by atoms with Gasteiger partial charge in [-0.3, -0.25) is 4.79 Å². The number of likely N-dealkylation sites (tertiary alicyclic amines) is 1. The van der Waals surface area contributed by atoms with Gasteiger partial charge in [0.15, 0.2) is 0 Å². The van der Waals surface area contributed by atoms with Gasteiger partial charge < -0.3 is 14.7 Å². The van der Waals surface area contributed by atoms with Gasteiger partial charge in [-0.1, -0.05) is 0 Å². The molecular weight excluding hydrogens is 298 g/mol. The SMILES string of the molecule is CCOC1CC(O)C12CCN(C(=O)c1cc(C)sc1C)CC2. The Balaban J connectivity index is 1.67. The molecule has 0 aromatic carbocycles. The molecule has 4 nitrogen and oxygen atoms in total. The smallest absolute Gasteiger partial charge is 0.254 e. The molecule has 2 aliphatic rings. The number of piperidine rings is 1. The van der Waals surface area contributed by atoms with Gasteiger partial charge in [0, 0.05) is 41.3 Å². The Morgan fingerprint density at radius 3 is 2.64 bits per heavy atom. The Bertz CT molecular complexity index is 558. The molecule has 22 heavy (non-hydrogen) atoms. The zero-order valence-electron chi connectivity index (χ0n) is 13.6. The normalized spacial score (nSPS) is 27.0. The number of carbonyl (C=O) groups excluding carboxylic acids is 1. The molecule has 1 saturated heterocycles. The van der Waals surface area contributed by atoms with Crippen molar-refractivity contribution in [1.82, 2.24) is 4.90 Å². The molecule has 0 radical (unpaired) electrons. The van der Waals surface area contributed by atoms with E-state index in [1.165, 1.54) is 4.88 Å². The fourth-order valence-electron chi connectivity index (χ4n) is 3.96. The fraction of sp³-hybridized carbons (Fsp3) is 0.706. The van der Waals surface area contributed by atoms with Crippen molar-refractivity contribution in [2.75, 3.05) is 19.7 Å². The second-order valence-electron chi connectivity index (χ2n) is 6.55. The van der Waals surface area contributed by atoms with Crippen molar-refractivity contribution in [3.8, 4) is 0 Å². The second-order valence-corrected chi connectivity index (χ2v) is 8.01. The maximum Gasteiger partial charge on any atom is 0.254 e. The Morgan fingerprint density at radius 1 is 1.45 bits per heavy atom. The summed E-state index contributed by atoms with van der Waals surface area (Å²) in [6, 6.07) is 1.99. The predicted octanol–water partition coefficient (Wildman–Crippen LogP) is 2.76. The summed E-state index contributed by atoms with van der Waals surface area (Å²) in [5.41, 5.74) is 0.723. The molecule has 1 amide bonds. The highest BCUT2D eigenvalue weighted by Gasteiger charge is 2.56. The molecule has 1 aromatic rings. The molecule has 1 saturated carbocycles. The van der Waals surface area contributed by atoms with Crippen LogP contribution in [0.2, 0.25) is 0 Å². The van der Waals surface area contributed by atoms with Crippen molar-refractivity contribution in [2.24, 2.45) is 5.41 Å². The van der Waals surface area contributed by atoms with E-state index >= 15 is 0 Å². The molecule has 1 spiro atoms. The Morgan fingerprint density at radius 2 is 2.14 bits per heavy atom. The van der Waals surface area contributed by atoms with E-state index in [0.29, 0.717) is 19.7 Å². The van der Waals surface area contributed by atoms with E-state index in [1.54, 1.807) is 11.3 Å². The first kappa shape index (κ1) is 16.0. The number of aryl methyl sites for hydroxylation is 2. The van der Waals surface area contributed by atoms with Gasteiger partial charge in [-0.05, 0) is 39.7 Å². The third kappa shape index (κ3) is 2.49. The average molecular weight is 323 g/mol. The lowest BCUT2D eigenvalue weighted by atomic mass is 9.58. The first-order valence-electron chi connectivity index (χ1n) is 8.14. The van der Waals surface area contributed by atoms with E-state index < -0.39 is 0 Å². The van der Waals surface area contributed by atoms with Crippen LogP contribution < -0.4 is 0 Å². The Hall–Kier alpha value is -0.910. The number of hydrogen-bond acceptors (Lipinski definition) is 4. The Labute approximate surface area is 136 Å². The molecule has 1 N–H and O–H groups in total. The molecule has 0 bridgehead atoms. The monoisotopic (exact) mass is 323 g/mol. The summed E-state index contributed by atoms with van der Waals surface area (Å²) in [7, 11) is 0. The van der Waals surface area contributed by atoms with E-state index in [2.05, 4.69) is 0 Å². The van der Waals surface area contributed by atoms with Crippen LogP contribution in [0.4, 0.5) is 0 Å². The van der Waals surface area contributed by atoms with Crippen molar-refractivity contribution in [3.63, 3.8) is 0 Å². The van der Waals surface area contributed by atoms with Crippen molar-refractivity contribution >= 4 is 17.2 Å². The molecule has 122 valence electrons. The van der Waals surface area contributed by atoms with E-state index in [9.17, 15) is 9.90 Å².